The monoisotopic (exact) mass is 548 g/mol. The Labute approximate surface area is 221 Å². The molecule has 3 aromatic carbocycles. The number of hydrogen-bond acceptors (Lipinski definition) is 9. The first-order valence-corrected chi connectivity index (χ1v) is 13.6. The van der Waals surface area contributed by atoms with Crippen molar-refractivity contribution in [3.05, 3.63) is 90.2 Å². The summed E-state index contributed by atoms with van der Waals surface area (Å²) >= 11 is 1.46. The number of aryl methyl sites for hydroxylation is 1. The van der Waals surface area contributed by atoms with Crippen LogP contribution in [0, 0.1) is 6.92 Å². The number of aromatic nitrogens is 2. The van der Waals surface area contributed by atoms with Crippen LogP contribution in [0.1, 0.15) is 16.1 Å². The number of amides is 1. The van der Waals surface area contributed by atoms with Crippen LogP contribution >= 0.6 is 11.3 Å². The third-order valence-corrected chi connectivity index (χ3v) is 7.76. The van der Waals surface area contributed by atoms with Crippen LogP contribution in [-0.4, -0.2) is 37.0 Å². The van der Waals surface area contributed by atoms with Gasteiger partial charge in [0.25, 0.3) is 15.9 Å². The quantitative estimate of drug-likeness (QED) is 0.262. The Kier molecular flexibility index (Phi) is 6.90. The Morgan fingerprint density at radius 3 is 2.47 bits per heavy atom. The summed E-state index contributed by atoms with van der Waals surface area (Å²) in [5, 5.41) is 6.85. The topological polar surface area (TPSA) is 140 Å². The smallest absolute Gasteiger partial charge is 0.339 e. The lowest BCUT2D eigenvalue weighted by Gasteiger charge is -2.09. The van der Waals surface area contributed by atoms with Gasteiger partial charge in [-0.15, -0.1) is 11.3 Å². The van der Waals surface area contributed by atoms with Crippen molar-refractivity contribution < 1.29 is 27.3 Å². The van der Waals surface area contributed by atoms with Gasteiger partial charge in [-0.25, -0.2) is 18.2 Å². The number of nitrogens with one attached hydrogen (secondary N) is 2. The minimum Gasteiger partial charge on any atom is -0.452 e. The number of fused-ring (bicyclic) bond motifs is 1. The number of benzene rings is 3. The molecule has 0 bridgehead atoms. The lowest BCUT2D eigenvalue weighted by molar-refractivity contribution is -0.119. The second kappa shape index (κ2) is 10.4. The minimum absolute atomic E-state index is 0.0333. The number of hydrogen-bond donors (Lipinski definition) is 2. The fraction of sp³-hybridized carbons (Fsp3) is 0.0769. The molecule has 0 unspecified atom stereocenters. The van der Waals surface area contributed by atoms with Crippen LogP contribution in [0.25, 0.3) is 20.8 Å². The van der Waals surface area contributed by atoms with E-state index >= 15 is 0 Å². The first-order chi connectivity index (χ1) is 18.3. The standard InChI is InChI=1S/C26H20N4O6S2/c1-16-14-23(29-36-16)30-38(33,34)18-12-10-17(11-13-18)27-24(31)15-35-26(32)20-7-3-2-6-19(20)25-28-21-8-4-5-9-22(21)37-25/h2-14H,15H2,1H3,(H,27,31)(H,29,30). The number of esters is 1. The van der Waals surface area contributed by atoms with Gasteiger partial charge in [0, 0.05) is 17.3 Å². The number of nitrogens with zero attached hydrogens (tertiary/aromatic N) is 2. The first-order valence-electron chi connectivity index (χ1n) is 11.3. The van der Waals surface area contributed by atoms with Crippen LogP contribution in [0.5, 0.6) is 0 Å². The molecule has 0 radical (unpaired) electrons. The van der Waals surface area contributed by atoms with Crippen LogP contribution < -0.4 is 10.0 Å². The van der Waals surface area contributed by atoms with Crippen LogP contribution in [0.3, 0.4) is 0 Å². The molecule has 0 saturated carbocycles. The predicted octanol–water partition coefficient (Wildman–Crippen LogP) is 4.86. The number of rotatable bonds is 8. The summed E-state index contributed by atoms with van der Waals surface area (Å²) in [4.78, 5) is 29.8. The molecule has 1 amide bonds. The Hall–Kier alpha value is -4.55. The second-order valence-electron chi connectivity index (χ2n) is 8.11. The molecule has 0 spiro atoms. The van der Waals surface area contributed by atoms with Gasteiger partial charge in [0.15, 0.2) is 12.4 Å². The predicted molar refractivity (Wildman–Crippen MR) is 142 cm³/mol. The number of sulfonamides is 1. The maximum absolute atomic E-state index is 12.8. The lowest BCUT2D eigenvalue weighted by Crippen LogP contribution is -2.21. The number of anilines is 2. The molecule has 0 saturated heterocycles. The molecule has 0 aliphatic heterocycles. The van der Waals surface area contributed by atoms with Gasteiger partial charge in [0.05, 0.1) is 20.7 Å². The number of ether oxygens (including phenoxy) is 1. The highest BCUT2D eigenvalue weighted by molar-refractivity contribution is 7.92. The first kappa shape index (κ1) is 25.1. The fourth-order valence-corrected chi connectivity index (χ4v) is 5.56. The molecule has 2 N–H and O–H groups in total. The van der Waals surface area contributed by atoms with Crippen LogP contribution in [-0.2, 0) is 19.6 Å². The number of carbonyl (C=O) groups is 2. The maximum atomic E-state index is 12.8. The third-order valence-electron chi connectivity index (χ3n) is 5.32. The van der Waals surface area contributed by atoms with Crippen molar-refractivity contribution >= 4 is 55.0 Å². The molecule has 38 heavy (non-hydrogen) atoms. The highest BCUT2D eigenvalue weighted by Crippen LogP contribution is 2.32. The summed E-state index contributed by atoms with van der Waals surface area (Å²) in [6.45, 7) is 1.11. The van der Waals surface area contributed by atoms with E-state index < -0.39 is 28.5 Å². The average Bonchev–Trinajstić information content (AvgIpc) is 3.53. The van der Waals surface area contributed by atoms with Gasteiger partial charge in [-0.2, -0.15) is 0 Å². The van der Waals surface area contributed by atoms with Gasteiger partial charge in [-0.1, -0.05) is 35.5 Å². The van der Waals surface area contributed by atoms with E-state index in [2.05, 4.69) is 20.2 Å². The van der Waals surface area contributed by atoms with Gasteiger partial charge < -0.3 is 14.6 Å². The van der Waals surface area contributed by atoms with Crippen molar-refractivity contribution in [2.24, 2.45) is 0 Å². The van der Waals surface area contributed by atoms with E-state index in [4.69, 9.17) is 9.26 Å². The molecule has 0 aliphatic carbocycles. The molecule has 2 heterocycles. The molecule has 10 nitrogen and oxygen atoms in total. The summed E-state index contributed by atoms with van der Waals surface area (Å²) < 4.78 is 38.4. The van der Waals surface area contributed by atoms with Crippen molar-refractivity contribution in [1.29, 1.82) is 0 Å². The van der Waals surface area contributed by atoms with Crippen LogP contribution in [0.2, 0.25) is 0 Å². The molecule has 12 heteroatoms. The van der Waals surface area contributed by atoms with Crippen molar-refractivity contribution in [3.63, 3.8) is 0 Å². The zero-order valence-corrected chi connectivity index (χ0v) is 21.5. The molecule has 0 aliphatic rings. The fourth-order valence-electron chi connectivity index (χ4n) is 3.57. The molecule has 0 fully saturated rings. The zero-order valence-electron chi connectivity index (χ0n) is 19.9. The Balaban J connectivity index is 1.21. The number of carbonyl (C=O) groups excluding carboxylic acids is 2. The van der Waals surface area contributed by atoms with E-state index in [0.29, 0.717) is 27.6 Å². The van der Waals surface area contributed by atoms with E-state index in [9.17, 15) is 18.0 Å². The van der Waals surface area contributed by atoms with Crippen LogP contribution in [0.4, 0.5) is 11.5 Å². The summed E-state index contributed by atoms with van der Waals surface area (Å²) in [5.74, 6) is -0.721. The van der Waals surface area contributed by atoms with E-state index in [0.717, 1.165) is 10.2 Å². The summed E-state index contributed by atoms with van der Waals surface area (Å²) in [6.07, 6.45) is 0. The number of thiazole rings is 1. The van der Waals surface area contributed by atoms with Gasteiger partial charge in [0.2, 0.25) is 0 Å². The van der Waals surface area contributed by atoms with E-state index in [1.54, 1.807) is 31.2 Å². The highest BCUT2D eigenvalue weighted by atomic mass is 32.2. The van der Waals surface area contributed by atoms with Crippen molar-refractivity contribution in [2.45, 2.75) is 11.8 Å². The van der Waals surface area contributed by atoms with Crippen LogP contribution in [0.15, 0.2) is 88.3 Å². The highest BCUT2D eigenvalue weighted by Gasteiger charge is 2.19. The van der Waals surface area contributed by atoms with Crippen molar-refractivity contribution in [2.75, 3.05) is 16.6 Å². The SMILES string of the molecule is Cc1cc(NS(=O)(=O)c2ccc(NC(=O)COC(=O)c3ccccc3-c3nc4ccccc4s3)cc2)no1. The molecular weight excluding hydrogens is 528 g/mol. The third kappa shape index (κ3) is 5.56. The minimum atomic E-state index is -3.89. The normalized spacial score (nSPS) is 11.3. The van der Waals surface area contributed by atoms with E-state index in [1.165, 1.54) is 41.7 Å². The molecule has 0 atom stereocenters. The maximum Gasteiger partial charge on any atom is 0.339 e. The molecule has 2 aromatic heterocycles. The van der Waals surface area contributed by atoms with Crippen molar-refractivity contribution in [1.82, 2.24) is 10.1 Å². The van der Waals surface area contributed by atoms with Gasteiger partial charge >= 0.3 is 5.97 Å². The van der Waals surface area contributed by atoms with E-state index in [1.807, 2.05) is 24.3 Å². The number of para-hydroxylation sites is 1. The zero-order chi connectivity index (χ0) is 26.7. The molecule has 5 rings (SSSR count). The Bertz CT molecular complexity index is 1710. The van der Waals surface area contributed by atoms with Gasteiger partial charge in [0.1, 0.15) is 10.8 Å². The Morgan fingerprint density at radius 1 is 1.00 bits per heavy atom. The summed E-state index contributed by atoms with van der Waals surface area (Å²) in [7, 11) is -3.89. The van der Waals surface area contributed by atoms with Crippen molar-refractivity contribution in [3.8, 4) is 10.6 Å². The molecule has 192 valence electrons. The lowest BCUT2D eigenvalue weighted by atomic mass is 10.1. The summed E-state index contributed by atoms with van der Waals surface area (Å²) in [5.41, 5.74) is 2.07. The van der Waals surface area contributed by atoms with E-state index in [-0.39, 0.29) is 10.7 Å². The largest absolute Gasteiger partial charge is 0.452 e. The molecular formula is C26H20N4O6S2. The second-order valence-corrected chi connectivity index (χ2v) is 10.8. The summed E-state index contributed by atoms with van der Waals surface area (Å²) in [6, 6.07) is 21.5. The van der Waals surface area contributed by atoms with Gasteiger partial charge in [-0.3, -0.25) is 9.52 Å². The van der Waals surface area contributed by atoms with Gasteiger partial charge in [-0.05, 0) is 49.4 Å². The Morgan fingerprint density at radius 2 is 1.74 bits per heavy atom. The average molecular weight is 549 g/mol. The molecule has 5 aromatic rings.